The molecular formula is C17H23N3O3. The van der Waals surface area contributed by atoms with Gasteiger partial charge in [0.15, 0.2) is 0 Å². The van der Waals surface area contributed by atoms with Crippen molar-refractivity contribution in [2.45, 2.75) is 18.9 Å². The fourth-order valence-corrected chi connectivity index (χ4v) is 2.28. The van der Waals surface area contributed by atoms with Crippen LogP contribution in [0.2, 0.25) is 0 Å². The Morgan fingerprint density at radius 1 is 1.26 bits per heavy atom. The summed E-state index contributed by atoms with van der Waals surface area (Å²) in [7, 11) is 0. The maximum atomic E-state index is 12.0. The molecule has 1 aromatic carbocycles. The maximum Gasteiger partial charge on any atom is 0.251 e. The van der Waals surface area contributed by atoms with Crippen LogP contribution >= 0.6 is 0 Å². The van der Waals surface area contributed by atoms with Crippen LogP contribution in [0.5, 0.6) is 0 Å². The van der Waals surface area contributed by atoms with Gasteiger partial charge < -0.3 is 20.7 Å². The van der Waals surface area contributed by atoms with Gasteiger partial charge >= 0.3 is 0 Å². The third kappa shape index (κ3) is 5.75. The smallest absolute Gasteiger partial charge is 0.251 e. The summed E-state index contributed by atoms with van der Waals surface area (Å²) in [6.07, 6.45) is 3.81. The molecule has 3 N–H and O–H groups in total. The van der Waals surface area contributed by atoms with Crippen LogP contribution in [0, 0.1) is 0 Å². The number of hydrogen-bond acceptors (Lipinski definition) is 4. The van der Waals surface area contributed by atoms with Crippen molar-refractivity contribution in [3.63, 3.8) is 0 Å². The van der Waals surface area contributed by atoms with Crippen LogP contribution in [0.3, 0.4) is 0 Å². The SMILES string of the molecule is C=CCNC(=O)CNc1ccc(C(=O)NCC2CCCO2)cc1. The molecule has 1 aliphatic heterocycles. The molecule has 1 atom stereocenters. The quantitative estimate of drug-likeness (QED) is 0.632. The molecule has 1 saturated heterocycles. The van der Waals surface area contributed by atoms with Gasteiger partial charge in [-0.2, -0.15) is 0 Å². The van der Waals surface area contributed by atoms with Crippen molar-refractivity contribution in [1.29, 1.82) is 0 Å². The Morgan fingerprint density at radius 3 is 2.70 bits per heavy atom. The van der Waals surface area contributed by atoms with Crippen LogP contribution in [0.1, 0.15) is 23.2 Å². The second-order valence-electron chi connectivity index (χ2n) is 5.37. The van der Waals surface area contributed by atoms with Crippen LogP contribution in [0.4, 0.5) is 5.69 Å². The Hall–Kier alpha value is -2.34. The highest BCUT2D eigenvalue weighted by atomic mass is 16.5. The maximum absolute atomic E-state index is 12.0. The molecule has 0 bridgehead atoms. The minimum atomic E-state index is -0.115. The average Bonchev–Trinajstić information content (AvgIpc) is 3.10. The van der Waals surface area contributed by atoms with Crippen molar-refractivity contribution in [2.75, 3.05) is 31.6 Å². The molecule has 0 radical (unpaired) electrons. The lowest BCUT2D eigenvalue weighted by molar-refractivity contribution is -0.119. The topological polar surface area (TPSA) is 79.5 Å². The van der Waals surface area contributed by atoms with Crippen LogP contribution in [-0.2, 0) is 9.53 Å². The standard InChI is InChI=1S/C17H23N3O3/c1-2-9-18-16(21)12-19-14-7-5-13(6-8-14)17(22)20-11-15-4-3-10-23-15/h2,5-8,15,19H,1,3-4,9-12H2,(H,18,21)(H,20,22). The van der Waals surface area contributed by atoms with Gasteiger partial charge in [0.25, 0.3) is 5.91 Å². The van der Waals surface area contributed by atoms with Crippen LogP contribution in [0.15, 0.2) is 36.9 Å². The zero-order chi connectivity index (χ0) is 16.5. The van der Waals surface area contributed by atoms with Crippen LogP contribution in [-0.4, -0.2) is 44.2 Å². The number of carbonyl (C=O) groups excluding carboxylic acids is 2. The minimum Gasteiger partial charge on any atom is -0.376 e. The lowest BCUT2D eigenvalue weighted by Gasteiger charge is -2.11. The van der Waals surface area contributed by atoms with Crippen LogP contribution in [0.25, 0.3) is 0 Å². The lowest BCUT2D eigenvalue weighted by atomic mass is 10.2. The summed E-state index contributed by atoms with van der Waals surface area (Å²) in [6, 6.07) is 7.02. The molecule has 1 heterocycles. The summed E-state index contributed by atoms with van der Waals surface area (Å²) in [4.78, 5) is 23.5. The number of carbonyl (C=O) groups is 2. The van der Waals surface area contributed by atoms with Crippen molar-refractivity contribution in [3.05, 3.63) is 42.5 Å². The first-order valence-corrected chi connectivity index (χ1v) is 7.80. The molecule has 0 aromatic heterocycles. The van der Waals surface area contributed by atoms with E-state index in [1.54, 1.807) is 30.3 Å². The second kappa shape index (κ2) is 8.95. The number of amides is 2. The molecule has 124 valence electrons. The number of benzene rings is 1. The molecule has 0 saturated carbocycles. The van der Waals surface area contributed by atoms with E-state index in [-0.39, 0.29) is 24.5 Å². The Balaban J connectivity index is 1.75. The lowest BCUT2D eigenvalue weighted by Crippen LogP contribution is -2.31. The van der Waals surface area contributed by atoms with E-state index >= 15 is 0 Å². The van der Waals surface area contributed by atoms with Crippen molar-refractivity contribution in [2.24, 2.45) is 0 Å². The summed E-state index contributed by atoms with van der Waals surface area (Å²) in [5.74, 6) is -0.223. The Bertz CT molecular complexity index is 537. The van der Waals surface area contributed by atoms with E-state index in [1.165, 1.54) is 0 Å². The van der Waals surface area contributed by atoms with Crippen molar-refractivity contribution in [1.82, 2.24) is 10.6 Å². The average molecular weight is 317 g/mol. The number of rotatable bonds is 8. The van der Waals surface area contributed by atoms with Gasteiger partial charge in [-0.25, -0.2) is 0 Å². The Morgan fingerprint density at radius 2 is 2.04 bits per heavy atom. The zero-order valence-electron chi connectivity index (χ0n) is 13.1. The number of hydrogen-bond donors (Lipinski definition) is 3. The van der Waals surface area contributed by atoms with E-state index in [1.807, 2.05) is 0 Å². The molecule has 2 rings (SSSR count). The van der Waals surface area contributed by atoms with E-state index in [0.717, 1.165) is 25.1 Å². The zero-order valence-corrected chi connectivity index (χ0v) is 13.1. The van der Waals surface area contributed by atoms with Crippen molar-refractivity contribution >= 4 is 17.5 Å². The number of ether oxygens (including phenoxy) is 1. The molecular weight excluding hydrogens is 294 g/mol. The summed E-state index contributed by atoms with van der Waals surface area (Å²) in [5.41, 5.74) is 1.37. The van der Waals surface area contributed by atoms with E-state index in [9.17, 15) is 9.59 Å². The first-order chi connectivity index (χ1) is 11.2. The highest BCUT2D eigenvalue weighted by molar-refractivity contribution is 5.94. The van der Waals surface area contributed by atoms with E-state index < -0.39 is 0 Å². The van der Waals surface area contributed by atoms with Gasteiger partial charge in [0, 0.05) is 30.9 Å². The van der Waals surface area contributed by atoms with Gasteiger partial charge in [-0.15, -0.1) is 6.58 Å². The molecule has 2 amide bonds. The van der Waals surface area contributed by atoms with Crippen LogP contribution < -0.4 is 16.0 Å². The van der Waals surface area contributed by atoms with Crippen molar-refractivity contribution in [3.8, 4) is 0 Å². The van der Waals surface area contributed by atoms with Crippen molar-refractivity contribution < 1.29 is 14.3 Å². The Kier molecular flexibility index (Phi) is 6.62. The van der Waals surface area contributed by atoms with Gasteiger partial charge in [0.1, 0.15) is 0 Å². The summed E-state index contributed by atoms with van der Waals surface area (Å²) in [5, 5.41) is 8.55. The first kappa shape index (κ1) is 17.0. The van der Waals surface area contributed by atoms with Gasteiger partial charge in [-0.05, 0) is 37.1 Å². The largest absolute Gasteiger partial charge is 0.376 e. The van der Waals surface area contributed by atoms with Gasteiger partial charge in [0.05, 0.1) is 12.6 Å². The predicted molar refractivity (Wildman–Crippen MR) is 89.4 cm³/mol. The highest BCUT2D eigenvalue weighted by Gasteiger charge is 2.16. The van der Waals surface area contributed by atoms with Gasteiger partial charge in [0.2, 0.25) is 5.91 Å². The molecule has 6 nitrogen and oxygen atoms in total. The Labute approximate surface area is 136 Å². The highest BCUT2D eigenvalue weighted by Crippen LogP contribution is 2.12. The molecule has 6 heteroatoms. The predicted octanol–water partition coefficient (Wildman–Crippen LogP) is 1.31. The minimum absolute atomic E-state index is 0.108. The molecule has 0 aliphatic carbocycles. The third-order valence-corrected chi connectivity index (χ3v) is 3.56. The van der Waals surface area contributed by atoms with E-state index in [0.29, 0.717) is 18.7 Å². The van der Waals surface area contributed by atoms with Gasteiger partial charge in [-0.1, -0.05) is 6.08 Å². The fraction of sp³-hybridized carbons (Fsp3) is 0.412. The molecule has 1 aromatic rings. The first-order valence-electron chi connectivity index (χ1n) is 7.80. The summed E-state index contributed by atoms with van der Waals surface area (Å²) >= 11 is 0. The molecule has 1 aliphatic rings. The summed E-state index contributed by atoms with van der Waals surface area (Å²) in [6.45, 7) is 5.49. The number of nitrogens with one attached hydrogen (secondary N) is 3. The molecule has 1 fully saturated rings. The monoisotopic (exact) mass is 317 g/mol. The molecule has 23 heavy (non-hydrogen) atoms. The third-order valence-electron chi connectivity index (χ3n) is 3.56. The second-order valence-corrected chi connectivity index (χ2v) is 5.37. The number of anilines is 1. The van der Waals surface area contributed by atoms with Gasteiger partial charge in [-0.3, -0.25) is 9.59 Å². The molecule has 1 unspecified atom stereocenters. The van der Waals surface area contributed by atoms with E-state index in [4.69, 9.17) is 4.74 Å². The van der Waals surface area contributed by atoms with E-state index in [2.05, 4.69) is 22.5 Å². The summed E-state index contributed by atoms with van der Waals surface area (Å²) < 4.78 is 5.47. The molecule has 0 spiro atoms. The normalized spacial score (nSPS) is 16.6. The fourth-order valence-electron chi connectivity index (χ4n) is 2.28.